The molecule has 0 aromatic carbocycles. The zero-order valence-corrected chi connectivity index (χ0v) is 8.14. The van der Waals surface area contributed by atoms with E-state index in [0.29, 0.717) is 0 Å². The summed E-state index contributed by atoms with van der Waals surface area (Å²) in [5, 5.41) is 3.30. The Morgan fingerprint density at radius 3 is 2.92 bits per heavy atom. The second kappa shape index (κ2) is 4.88. The highest BCUT2D eigenvalue weighted by Crippen LogP contribution is 2.16. The molecule has 1 radical (unpaired) electrons. The molecule has 0 atom stereocenters. The highest BCUT2D eigenvalue weighted by Gasteiger charge is 2.12. The molecule has 0 aromatic rings. The first-order valence-electron chi connectivity index (χ1n) is 4.48. The van der Waals surface area contributed by atoms with Crippen molar-refractivity contribution >= 4 is 7.28 Å². The molecule has 0 saturated carbocycles. The highest BCUT2D eigenvalue weighted by molar-refractivity contribution is 6.47. The standard InChI is InChI=1S/C11H15BN/c1-4-6-11-10(9(3)5-2)7-13-8-12-11/h4-6,13H,1-2,7-8H2,3H3/b10-9-,11-6+. The van der Waals surface area contributed by atoms with E-state index in [4.69, 9.17) is 0 Å². The second-order valence-corrected chi connectivity index (χ2v) is 3.06. The summed E-state index contributed by atoms with van der Waals surface area (Å²) in [6.07, 6.45) is 6.71. The molecule has 1 rings (SSSR count). The summed E-state index contributed by atoms with van der Waals surface area (Å²) < 4.78 is 0. The number of allylic oxidation sites excluding steroid dienone is 4. The molecular formula is C11H15BN. The maximum atomic E-state index is 3.78. The third-order valence-corrected chi connectivity index (χ3v) is 2.20. The van der Waals surface area contributed by atoms with E-state index in [1.165, 1.54) is 16.6 Å². The topological polar surface area (TPSA) is 12.0 Å². The quantitative estimate of drug-likeness (QED) is 0.626. The Bertz CT molecular complexity index is 274. The van der Waals surface area contributed by atoms with Gasteiger partial charge < -0.3 is 5.32 Å². The fourth-order valence-electron chi connectivity index (χ4n) is 1.39. The molecule has 1 aliphatic rings. The zero-order valence-electron chi connectivity index (χ0n) is 8.14. The fourth-order valence-corrected chi connectivity index (χ4v) is 1.39. The van der Waals surface area contributed by atoms with Crippen LogP contribution in [0.1, 0.15) is 6.92 Å². The molecule has 2 heteroatoms. The molecular weight excluding hydrogens is 157 g/mol. The fraction of sp³-hybridized carbons (Fsp3) is 0.273. The lowest BCUT2D eigenvalue weighted by Crippen LogP contribution is -2.32. The van der Waals surface area contributed by atoms with Crippen LogP contribution in [0.3, 0.4) is 0 Å². The first kappa shape index (κ1) is 10.1. The van der Waals surface area contributed by atoms with Crippen LogP contribution in [-0.2, 0) is 0 Å². The summed E-state index contributed by atoms with van der Waals surface area (Å²) in [6.45, 7) is 10.5. The Balaban J connectivity index is 2.97. The smallest absolute Gasteiger partial charge is 0.169 e. The van der Waals surface area contributed by atoms with E-state index in [9.17, 15) is 0 Å². The minimum absolute atomic E-state index is 0.925. The molecule has 0 bridgehead atoms. The number of nitrogens with one attached hydrogen (secondary N) is 1. The second-order valence-electron chi connectivity index (χ2n) is 3.06. The highest BCUT2D eigenvalue weighted by atomic mass is 14.8. The molecule has 1 nitrogen and oxygen atoms in total. The van der Waals surface area contributed by atoms with Crippen molar-refractivity contribution in [1.82, 2.24) is 5.32 Å². The van der Waals surface area contributed by atoms with E-state index in [2.05, 4.69) is 32.7 Å². The molecule has 1 aliphatic heterocycles. The predicted molar refractivity (Wildman–Crippen MR) is 59.8 cm³/mol. The molecule has 0 spiro atoms. The van der Waals surface area contributed by atoms with Crippen molar-refractivity contribution in [3.8, 4) is 0 Å². The van der Waals surface area contributed by atoms with E-state index < -0.39 is 0 Å². The van der Waals surface area contributed by atoms with Crippen molar-refractivity contribution < 1.29 is 0 Å². The van der Waals surface area contributed by atoms with Gasteiger partial charge in [0.1, 0.15) is 0 Å². The van der Waals surface area contributed by atoms with E-state index in [1.54, 1.807) is 0 Å². The van der Waals surface area contributed by atoms with Crippen molar-refractivity contribution in [2.24, 2.45) is 0 Å². The van der Waals surface area contributed by atoms with Crippen molar-refractivity contribution in [1.29, 1.82) is 0 Å². The van der Waals surface area contributed by atoms with Crippen LogP contribution < -0.4 is 5.32 Å². The summed E-state index contributed by atoms with van der Waals surface area (Å²) in [6, 6.07) is 0. The molecule has 1 N–H and O–H groups in total. The first-order chi connectivity index (χ1) is 6.29. The van der Waals surface area contributed by atoms with E-state index in [1.807, 2.05) is 18.2 Å². The van der Waals surface area contributed by atoms with Gasteiger partial charge in [-0.25, -0.2) is 0 Å². The van der Waals surface area contributed by atoms with Gasteiger partial charge in [-0.2, -0.15) is 0 Å². The van der Waals surface area contributed by atoms with Crippen LogP contribution in [0.15, 0.2) is 48.0 Å². The monoisotopic (exact) mass is 172 g/mol. The SMILES string of the molecule is C=C/C=C1/[B]CNC/C1=C(\C)C=C. The maximum Gasteiger partial charge on any atom is 0.169 e. The van der Waals surface area contributed by atoms with E-state index in [-0.39, 0.29) is 0 Å². The molecule has 0 unspecified atom stereocenters. The third-order valence-electron chi connectivity index (χ3n) is 2.20. The van der Waals surface area contributed by atoms with Gasteiger partial charge in [0, 0.05) is 6.54 Å². The van der Waals surface area contributed by atoms with Gasteiger partial charge >= 0.3 is 0 Å². The molecule has 13 heavy (non-hydrogen) atoms. The van der Waals surface area contributed by atoms with Crippen LogP contribution >= 0.6 is 0 Å². The molecule has 0 aliphatic carbocycles. The summed E-state index contributed by atoms with van der Waals surface area (Å²) in [5.41, 5.74) is 3.82. The van der Waals surface area contributed by atoms with Crippen LogP contribution in [0.5, 0.6) is 0 Å². The predicted octanol–water partition coefficient (Wildman–Crippen LogP) is 1.82. The van der Waals surface area contributed by atoms with Crippen molar-refractivity contribution in [2.75, 3.05) is 13.0 Å². The van der Waals surface area contributed by atoms with Crippen molar-refractivity contribution in [3.63, 3.8) is 0 Å². The third kappa shape index (κ3) is 2.46. The first-order valence-corrected chi connectivity index (χ1v) is 4.48. The molecule has 1 fully saturated rings. The Morgan fingerprint density at radius 1 is 1.54 bits per heavy atom. The molecule has 0 aromatic heterocycles. The summed E-state index contributed by atoms with van der Waals surface area (Å²) in [7, 11) is 2.17. The van der Waals surface area contributed by atoms with Crippen LogP contribution in [0.2, 0.25) is 0 Å². The van der Waals surface area contributed by atoms with Gasteiger partial charge in [-0.1, -0.05) is 36.9 Å². The summed E-state index contributed by atoms with van der Waals surface area (Å²) in [5.74, 6) is 0. The van der Waals surface area contributed by atoms with Gasteiger partial charge in [0.25, 0.3) is 0 Å². The molecule has 67 valence electrons. The average Bonchev–Trinajstić information content (AvgIpc) is 2.18. The average molecular weight is 172 g/mol. The zero-order chi connectivity index (χ0) is 9.68. The van der Waals surface area contributed by atoms with Crippen LogP contribution in [0.4, 0.5) is 0 Å². The Morgan fingerprint density at radius 2 is 2.31 bits per heavy atom. The van der Waals surface area contributed by atoms with Crippen LogP contribution in [0.25, 0.3) is 0 Å². The molecule has 0 amide bonds. The lowest BCUT2D eigenvalue weighted by molar-refractivity contribution is 0.833. The molecule has 1 saturated heterocycles. The van der Waals surface area contributed by atoms with Gasteiger partial charge in [-0.05, 0) is 24.5 Å². The summed E-state index contributed by atoms with van der Waals surface area (Å²) in [4.78, 5) is 0. The van der Waals surface area contributed by atoms with Crippen LogP contribution in [-0.4, -0.2) is 20.3 Å². The normalized spacial score (nSPS) is 23.6. The number of rotatable bonds is 2. The maximum absolute atomic E-state index is 3.78. The summed E-state index contributed by atoms with van der Waals surface area (Å²) >= 11 is 0. The van der Waals surface area contributed by atoms with E-state index >= 15 is 0 Å². The minimum atomic E-state index is 0.925. The van der Waals surface area contributed by atoms with Gasteiger partial charge in [0.15, 0.2) is 7.28 Å². The van der Waals surface area contributed by atoms with Gasteiger partial charge in [-0.15, -0.1) is 0 Å². The number of hydrogen-bond donors (Lipinski definition) is 1. The lowest BCUT2D eigenvalue weighted by atomic mass is 9.63. The Labute approximate surface area is 81.2 Å². The van der Waals surface area contributed by atoms with E-state index in [0.717, 1.165) is 13.0 Å². The van der Waals surface area contributed by atoms with Gasteiger partial charge in [-0.3, -0.25) is 0 Å². The van der Waals surface area contributed by atoms with Gasteiger partial charge in [0.05, 0.1) is 0 Å². The van der Waals surface area contributed by atoms with Gasteiger partial charge in [0.2, 0.25) is 0 Å². The molecule has 1 heterocycles. The van der Waals surface area contributed by atoms with Crippen molar-refractivity contribution in [3.05, 3.63) is 48.0 Å². The van der Waals surface area contributed by atoms with Crippen LogP contribution in [0, 0.1) is 0 Å². The number of hydrogen-bond acceptors (Lipinski definition) is 1. The van der Waals surface area contributed by atoms with Crippen molar-refractivity contribution in [2.45, 2.75) is 6.92 Å². The Kier molecular flexibility index (Phi) is 3.78. The Hall–Kier alpha value is -1.02. The largest absolute Gasteiger partial charge is 0.320 e. The minimum Gasteiger partial charge on any atom is -0.320 e. The lowest BCUT2D eigenvalue weighted by Gasteiger charge is -2.20.